The van der Waals surface area contributed by atoms with Gasteiger partial charge in [-0.2, -0.15) is 0 Å². The van der Waals surface area contributed by atoms with Crippen molar-refractivity contribution in [2.75, 3.05) is 13.1 Å². The van der Waals surface area contributed by atoms with Gasteiger partial charge in [0.05, 0.1) is 6.04 Å². The number of amides is 2. The van der Waals surface area contributed by atoms with Gasteiger partial charge in [0.15, 0.2) is 0 Å². The maximum absolute atomic E-state index is 12.2. The van der Waals surface area contributed by atoms with Crippen LogP contribution in [-0.2, 0) is 4.79 Å². The van der Waals surface area contributed by atoms with E-state index in [4.69, 9.17) is 0 Å². The molecular formula is C18H25N3O2. The highest BCUT2D eigenvalue weighted by molar-refractivity contribution is 5.94. The molecule has 2 N–H and O–H groups in total. The Morgan fingerprint density at radius 2 is 1.61 bits per heavy atom. The van der Waals surface area contributed by atoms with Crippen molar-refractivity contribution in [3.05, 3.63) is 35.9 Å². The van der Waals surface area contributed by atoms with E-state index >= 15 is 0 Å². The Morgan fingerprint density at radius 3 is 2.22 bits per heavy atom. The summed E-state index contributed by atoms with van der Waals surface area (Å²) in [7, 11) is 0. The zero-order valence-electron chi connectivity index (χ0n) is 13.6. The normalized spacial score (nSPS) is 20.7. The fraction of sp³-hybridized carbons (Fsp3) is 0.556. The van der Waals surface area contributed by atoms with Crippen LogP contribution in [-0.4, -0.2) is 47.9 Å². The molecule has 1 aliphatic carbocycles. The molecule has 23 heavy (non-hydrogen) atoms. The molecule has 1 saturated heterocycles. The van der Waals surface area contributed by atoms with E-state index in [1.165, 1.54) is 0 Å². The van der Waals surface area contributed by atoms with E-state index in [1.54, 1.807) is 0 Å². The first-order chi connectivity index (χ1) is 11.1. The fourth-order valence-electron chi connectivity index (χ4n) is 3.00. The van der Waals surface area contributed by atoms with Crippen LogP contribution in [0.25, 0.3) is 0 Å². The van der Waals surface area contributed by atoms with Gasteiger partial charge < -0.3 is 10.6 Å². The Bertz CT molecular complexity index is 549. The summed E-state index contributed by atoms with van der Waals surface area (Å²) < 4.78 is 0. The Labute approximate surface area is 137 Å². The number of carbonyl (C=O) groups excluding carboxylic acids is 2. The van der Waals surface area contributed by atoms with Crippen LogP contribution >= 0.6 is 0 Å². The zero-order chi connectivity index (χ0) is 16.2. The van der Waals surface area contributed by atoms with Gasteiger partial charge in [-0.05, 0) is 44.7 Å². The van der Waals surface area contributed by atoms with Crippen molar-refractivity contribution < 1.29 is 9.59 Å². The van der Waals surface area contributed by atoms with Crippen LogP contribution in [0.1, 0.15) is 43.0 Å². The molecule has 1 heterocycles. The molecule has 2 aliphatic rings. The number of likely N-dealkylation sites (tertiary alicyclic amines) is 1. The Hall–Kier alpha value is -1.88. The lowest BCUT2D eigenvalue weighted by atomic mass is 10.0. The summed E-state index contributed by atoms with van der Waals surface area (Å²) in [5.74, 6) is 0.128. The van der Waals surface area contributed by atoms with Crippen LogP contribution in [0.4, 0.5) is 0 Å². The number of hydrogen-bond donors (Lipinski definition) is 2. The summed E-state index contributed by atoms with van der Waals surface area (Å²) in [4.78, 5) is 26.5. The molecule has 1 aliphatic heterocycles. The van der Waals surface area contributed by atoms with E-state index in [2.05, 4.69) is 15.5 Å². The molecule has 1 saturated carbocycles. The van der Waals surface area contributed by atoms with Gasteiger partial charge in [0, 0.05) is 30.7 Å². The van der Waals surface area contributed by atoms with E-state index in [0.29, 0.717) is 11.6 Å². The number of nitrogens with zero attached hydrogens (tertiary/aromatic N) is 1. The number of benzene rings is 1. The molecule has 3 rings (SSSR count). The molecule has 5 nitrogen and oxygen atoms in total. The molecular weight excluding hydrogens is 290 g/mol. The van der Waals surface area contributed by atoms with Crippen LogP contribution in [0.15, 0.2) is 30.3 Å². The topological polar surface area (TPSA) is 61.4 Å². The monoisotopic (exact) mass is 315 g/mol. The smallest absolute Gasteiger partial charge is 0.251 e. The molecule has 2 fully saturated rings. The van der Waals surface area contributed by atoms with E-state index in [-0.39, 0.29) is 23.9 Å². The zero-order valence-corrected chi connectivity index (χ0v) is 13.6. The summed E-state index contributed by atoms with van der Waals surface area (Å²) in [5.41, 5.74) is 0.701. The minimum atomic E-state index is -0.0821. The van der Waals surface area contributed by atoms with Gasteiger partial charge in [0.25, 0.3) is 5.91 Å². The summed E-state index contributed by atoms with van der Waals surface area (Å²) in [5, 5.41) is 6.17. The lowest BCUT2D eigenvalue weighted by Crippen LogP contribution is -2.52. The minimum absolute atomic E-state index is 0.0106. The number of nitrogens with one attached hydrogen (secondary N) is 2. The second-order valence-corrected chi connectivity index (χ2v) is 6.61. The van der Waals surface area contributed by atoms with Gasteiger partial charge in [-0.25, -0.2) is 0 Å². The minimum Gasteiger partial charge on any atom is -0.352 e. The summed E-state index contributed by atoms with van der Waals surface area (Å²) in [6.45, 7) is 3.67. The largest absolute Gasteiger partial charge is 0.352 e. The van der Waals surface area contributed by atoms with E-state index < -0.39 is 0 Å². The molecule has 1 unspecified atom stereocenters. The molecule has 0 aromatic heterocycles. The van der Waals surface area contributed by atoms with Gasteiger partial charge >= 0.3 is 0 Å². The Kier molecular flexibility index (Phi) is 4.96. The van der Waals surface area contributed by atoms with Crippen LogP contribution in [0.5, 0.6) is 0 Å². The quantitative estimate of drug-likeness (QED) is 0.866. The van der Waals surface area contributed by atoms with Crippen molar-refractivity contribution in [3.63, 3.8) is 0 Å². The summed E-state index contributed by atoms with van der Waals surface area (Å²) in [6.07, 6.45) is 4.01. The van der Waals surface area contributed by atoms with Gasteiger partial charge in [-0.1, -0.05) is 18.2 Å². The average molecular weight is 315 g/mol. The standard InChI is InChI=1S/C18H25N3O2/c1-13(17(22)19-15-7-8-15)21-11-9-16(10-12-21)20-18(23)14-5-3-2-4-6-14/h2-6,13,15-16H,7-12H2,1H3,(H,19,22)(H,20,23). The van der Waals surface area contributed by atoms with E-state index in [1.807, 2.05) is 37.3 Å². The number of piperidine rings is 1. The third kappa shape index (κ3) is 4.32. The van der Waals surface area contributed by atoms with Crippen molar-refractivity contribution in [3.8, 4) is 0 Å². The fourth-order valence-corrected chi connectivity index (χ4v) is 3.00. The lowest BCUT2D eigenvalue weighted by Gasteiger charge is -2.35. The molecule has 1 aromatic rings. The first-order valence-electron chi connectivity index (χ1n) is 8.54. The highest BCUT2D eigenvalue weighted by Gasteiger charge is 2.30. The van der Waals surface area contributed by atoms with Gasteiger partial charge in [0.2, 0.25) is 5.91 Å². The molecule has 0 radical (unpaired) electrons. The van der Waals surface area contributed by atoms with Gasteiger partial charge in [0.1, 0.15) is 0 Å². The van der Waals surface area contributed by atoms with Crippen LogP contribution in [0, 0.1) is 0 Å². The molecule has 1 atom stereocenters. The second kappa shape index (κ2) is 7.13. The van der Waals surface area contributed by atoms with Crippen LogP contribution in [0.3, 0.4) is 0 Å². The highest BCUT2D eigenvalue weighted by Crippen LogP contribution is 2.20. The van der Waals surface area contributed by atoms with Gasteiger partial charge in [-0.3, -0.25) is 14.5 Å². The predicted molar refractivity (Wildman–Crippen MR) is 89.1 cm³/mol. The predicted octanol–water partition coefficient (Wildman–Crippen LogP) is 1.55. The third-order valence-corrected chi connectivity index (χ3v) is 4.75. The molecule has 5 heteroatoms. The average Bonchev–Trinajstić information content (AvgIpc) is 3.39. The molecule has 2 amide bonds. The van der Waals surface area contributed by atoms with Crippen LogP contribution in [0.2, 0.25) is 0 Å². The van der Waals surface area contributed by atoms with Gasteiger partial charge in [-0.15, -0.1) is 0 Å². The van der Waals surface area contributed by atoms with Crippen molar-refractivity contribution in [1.29, 1.82) is 0 Å². The second-order valence-electron chi connectivity index (χ2n) is 6.61. The molecule has 0 spiro atoms. The SMILES string of the molecule is CC(C(=O)NC1CC1)N1CCC(NC(=O)c2ccccc2)CC1. The number of carbonyl (C=O) groups is 2. The molecule has 1 aromatic carbocycles. The van der Waals surface area contributed by atoms with Crippen molar-refractivity contribution in [1.82, 2.24) is 15.5 Å². The Balaban J connectivity index is 1.44. The van der Waals surface area contributed by atoms with E-state index in [9.17, 15) is 9.59 Å². The van der Waals surface area contributed by atoms with Crippen molar-refractivity contribution in [2.45, 2.75) is 50.7 Å². The first-order valence-corrected chi connectivity index (χ1v) is 8.54. The number of hydrogen-bond acceptors (Lipinski definition) is 3. The third-order valence-electron chi connectivity index (χ3n) is 4.75. The lowest BCUT2D eigenvalue weighted by molar-refractivity contribution is -0.126. The summed E-state index contributed by atoms with van der Waals surface area (Å²) >= 11 is 0. The van der Waals surface area contributed by atoms with Crippen molar-refractivity contribution in [2.24, 2.45) is 0 Å². The molecule has 0 bridgehead atoms. The maximum Gasteiger partial charge on any atom is 0.251 e. The van der Waals surface area contributed by atoms with Crippen molar-refractivity contribution >= 4 is 11.8 Å². The van der Waals surface area contributed by atoms with E-state index in [0.717, 1.165) is 38.8 Å². The first kappa shape index (κ1) is 16.0. The molecule has 124 valence electrons. The van der Waals surface area contributed by atoms with Crippen LogP contribution < -0.4 is 10.6 Å². The highest BCUT2D eigenvalue weighted by atomic mass is 16.2. The Morgan fingerprint density at radius 1 is 1.00 bits per heavy atom. The summed E-state index contributed by atoms with van der Waals surface area (Å²) in [6, 6.07) is 9.83. The number of rotatable bonds is 5. The maximum atomic E-state index is 12.2.